The predicted octanol–water partition coefficient (Wildman–Crippen LogP) is 2.54. The van der Waals surface area contributed by atoms with E-state index in [-0.39, 0.29) is 18.0 Å². The van der Waals surface area contributed by atoms with E-state index in [0.29, 0.717) is 23.1 Å². The molecule has 7 nitrogen and oxygen atoms in total. The highest BCUT2D eigenvalue weighted by Crippen LogP contribution is 2.40. The largest absolute Gasteiger partial charge is 0.454 e. The molecule has 2 aromatic rings. The number of hydrogen-bond acceptors (Lipinski definition) is 6. The molecule has 2 aliphatic rings. The minimum atomic E-state index is -0.287. The van der Waals surface area contributed by atoms with Crippen LogP contribution in [0.25, 0.3) is 0 Å². The van der Waals surface area contributed by atoms with Gasteiger partial charge in [-0.2, -0.15) is 0 Å². The van der Waals surface area contributed by atoms with Crippen molar-refractivity contribution < 1.29 is 14.3 Å². The monoisotopic (exact) mass is 346 g/mol. The Balaban J connectivity index is 1.40. The highest BCUT2D eigenvalue weighted by atomic mass is 32.2. The highest BCUT2D eigenvalue weighted by molar-refractivity contribution is 8.00. The molecular formula is C16H18N4O3S. The van der Waals surface area contributed by atoms with Gasteiger partial charge in [-0.3, -0.25) is 4.79 Å². The summed E-state index contributed by atoms with van der Waals surface area (Å²) in [5.74, 6) is 2.81. The van der Waals surface area contributed by atoms with Crippen LogP contribution in [0.2, 0.25) is 0 Å². The van der Waals surface area contributed by atoms with Crippen molar-refractivity contribution in [3.05, 3.63) is 24.0 Å². The number of carbonyl (C=O) groups excluding carboxylic acids is 1. The summed E-state index contributed by atoms with van der Waals surface area (Å²) >= 11 is 1.41. The molecule has 1 fully saturated rings. The first-order valence-electron chi connectivity index (χ1n) is 7.88. The zero-order chi connectivity index (χ0) is 16.7. The van der Waals surface area contributed by atoms with Gasteiger partial charge in [-0.25, -0.2) is 0 Å². The first-order valence-corrected chi connectivity index (χ1v) is 8.76. The van der Waals surface area contributed by atoms with Crippen LogP contribution in [-0.2, 0) is 11.8 Å². The lowest BCUT2D eigenvalue weighted by Crippen LogP contribution is -2.22. The lowest BCUT2D eigenvalue weighted by molar-refractivity contribution is -0.115. The van der Waals surface area contributed by atoms with Gasteiger partial charge in [0.2, 0.25) is 12.7 Å². The summed E-state index contributed by atoms with van der Waals surface area (Å²) in [6.07, 6.45) is 2.35. The van der Waals surface area contributed by atoms with E-state index in [2.05, 4.69) is 15.5 Å². The van der Waals surface area contributed by atoms with Crippen LogP contribution in [0, 0.1) is 0 Å². The molecule has 126 valence electrons. The summed E-state index contributed by atoms with van der Waals surface area (Å²) in [6.45, 7) is 2.08. The van der Waals surface area contributed by atoms with E-state index in [1.165, 1.54) is 24.6 Å². The summed E-state index contributed by atoms with van der Waals surface area (Å²) in [4.78, 5) is 12.4. The standard InChI is InChI=1S/C16H18N4O3S/c1-9(24-16-19-18-14(20(16)2)10-3-4-10)15(21)17-11-5-6-12-13(7-11)23-8-22-12/h5-7,9-10H,3-4,8H2,1-2H3,(H,17,21)/t9-/m1/s1. The van der Waals surface area contributed by atoms with Gasteiger partial charge in [0.1, 0.15) is 5.82 Å². The Morgan fingerprint density at radius 1 is 1.33 bits per heavy atom. The smallest absolute Gasteiger partial charge is 0.237 e. The Bertz CT molecular complexity index is 788. The van der Waals surface area contributed by atoms with Crippen molar-refractivity contribution >= 4 is 23.4 Å². The van der Waals surface area contributed by atoms with Gasteiger partial charge in [0, 0.05) is 24.7 Å². The van der Waals surface area contributed by atoms with Gasteiger partial charge in [0.15, 0.2) is 16.7 Å². The first kappa shape index (κ1) is 15.3. The molecule has 8 heteroatoms. The van der Waals surface area contributed by atoms with Crippen LogP contribution < -0.4 is 14.8 Å². The van der Waals surface area contributed by atoms with Gasteiger partial charge < -0.3 is 19.4 Å². The number of aromatic nitrogens is 3. The number of rotatable bonds is 5. The quantitative estimate of drug-likeness (QED) is 0.838. The lowest BCUT2D eigenvalue weighted by atomic mass is 10.2. The third kappa shape index (κ3) is 2.93. The fourth-order valence-corrected chi connectivity index (χ4v) is 3.38. The first-order chi connectivity index (χ1) is 11.6. The van der Waals surface area contributed by atoms with Crippen LogP contribution in [0.4, 0.5) is 5.69 Å². The van der Waals surface area contributed by atoms with Crippen LogP contribution in [0.3, 0.4) is 0 Å². The van der Waals surface area contributed by atoms with Gasteiger partial charge in [0.05, 0.1) is 5.25 Å². The number of ether oxygens (including phenoxy) is 2. The average molecular weight is 346 g/mol. The Kier molecular flexibility index (Phi) is 3.84. The number of nitrogens with zero attached hydrogens (tertiary/aromatic N) is 3. The highest BCUT2D eigenvalue weighted by Gasteiger charge is 2.30. The molecule has 0 spiro atoms. The Labute approximate surface area is 143 Å². The number of carbonyl (C=O) groups is 1. The van der Waals surface area contributed by atoms with E-state index in [1.54, 1.807) is 18.2 Å². The number of fused-ring (bicyclic) bond motifs is 1. The summed E-state index contributed by atoms with van der Waals surface area (Å²) in [5.41, 5.74) is 0.688. The van der Waals surface area contributed by atoms with Gasteiger partial charge in [-0.15, -0.1) is 10.2 Å². The van der Waals surface area contributed by atoms with Crippen molar-refractivity contribution in [3.63, 3.8) is 0 Å². The van der Waals surface area contributed by atoms with E-state index in [9.17, 15) is 4.79 Å². The summed E-state index contributed by atoms with van der Waals surface area (Å²) in [7, 11) is 1.96. The normalized spacial score (nSPS) is 16.9. The van der Waals surface area contributed by atoms with Crippen LogP contribution in [0.5, 0.6) is 11.5 Å². The molecule has 1 aromatic carbocycles. The van der Waals surface area contributed by atoms with Crippen molar-refractivity contribution in [3.8, 4) is 11.5 Å². The average Bonchev–Trinajstić information content (AvgIpc) is 3.19. The fraction of sp³-hybridized carbons (Fsp3) is 0.438. The molecule has 1 atom stereocenters. The molecule has 1 N–H and O–H groups in total. The number of nitrogens with one attached hydrogen (secondary N) is 1. The third-order valence-electron chi connectivity index (χ3n) is 4.10. The van der Waals surface area contributed by atoms with Gasteiger partial charge in [-0.1, -0.05) is 11.8 Å². The minimum absolute atomic E-state index is 0.0881. The van der Waals surface area contributed by atoms with Gasteiger partial charge in [-0.05, 0) is 31.9 Å². The molecule has 1 aliphatic carbocycles. The van der Waals surface area contributed by atoms with Crippen molar-refractivity contribution in [2.75, 3.05) is 12.1 Å². The summed E-state index contributed by atoms with van der Waals surface area (Å²) in [5, 5.41) is 11.8. The second-order valence-electron chi connectivity index (χ2n) is 5.99. The van der Waals surface area contributed by atoms with Gasteiger partial charge >= 0.3 is 0 Å². The molecule has 1 saturated carbocycles. The van der Waals surface area contributed by atoms with E-state index in [0.717, 1.165) is 11.0 Å². The molecule has 1 aliphatic heterocycles. The number of anilines is 1. The number of thioether (sulfide) groups is 1. The summed E-state index contributed by atoms with van der Waals surface area (Å²) in [6, 6.07) is 5.36. The Hall–Kier alpha value is -2.22. The zero-order valence-electron chi connectivity index (χ0n) is 13.5. The maximum absolute atomic E-state index is 12.4. The van der Waals surface area contributed by atoms with Crippen LogP contribution in [0.1, 0.15) is 31.5 Å². The van der Waals surface area contributed by atoms with Crippen molar-refractivity contribution in [2.45, 2.75) is 36.1 Å². The second kappa shape index (κ2) is 6.01. The zero-order valence-corrected chi connectivity index (χ0v) is 14.3. The van der Waals surface area contributed by atoms with Crippen molar-refractivity contribution in [1.29, 1.82) is 0 Å². The maximum Gasteiger partial charge on any atom is 0.237 e. The number of amides is 1. The molecule has 0 saturated heterocycles. The topological polar surface area (TPSA) is 78.3 Å². The molecule has 4 rings (SSSR count). The van der Waals surface area contributed by atoms with Crippen molar-refractivity contribution in [1.82, 2.24) is 14.8 Å². The van der Waals surface area contributed by atoms with Crippen molar-refractivity contribution in [2.24, 2.45) is 7.05 Å². The molecule has 0 radical (unpaired) electrons. The van der Waals surface area contributed by atoms with Crippen LogP contribution >= 0.6 is 11.8 Å². The lowest BCUT2D eigenvalue weighted by Gasteiger charge is -2.12. The van der Waals surface area contributed by atoms with E-state index >= 15 is 0 Å². The Morgan fingerprint density at radius 2 is 2.12 bits per heavy atom. The second-order valence-corrected chi connectivity index (χ2v) is 7.30. The maximum atomic E-state index is 12.4. The molecule has 1 aromatic heterocycles. The fourth-order valence-electron chi connectivity index (χ4n) is 2.56. The van der Waals surface area contributed by atoms with Gasteiger partial charge in [0.25, 0.3) is 0 Å². The molecule has 0 bridgehead atoms. The van der Waals surface area contributed by atoms with Crippen LogP contribution in [-0.4, -0.2) is 32.7 Å². The predicted molar refractivity (Wildman–Crippen MR) is 89.5 cm³/mol. The Morgan fingerprint density at radius 3 is 2.92 bits per heavy atom. The van der Waals surface area contributed by atoms with E-state index in [1.807, 2.05) is 18.5 Å². The third-order valence-corrected chi connectivity index (χ3v) is 5.24. The van der Waals surface area contributed by atoms with E-state index < -0.39 is 0 Å². The SMILES string of the molecule is C[C@@H](Sc1nnc(C2CC2)n1C)C(=O)Nc1ccc2c(c1)OCO2. The molecule has 0 unspecified atom stereocenters. The molecule has 24 heavy (non-hydrogen) atoms. The minimum Gasteiger partial charge on any atom is -0.454 e. The van der Waals surface area contributed by atoms with E-state index in [4.69, 9.17) is 9.47 Å². The number of hydrogen-bond donors (Lipinski definition) is 1. The number of benzene rings is 1. The summed E-state index contributed by atoms with van der Waals surface area (Å²) < 4.78 is 12.6. The molecule has 2 heterocycles. The molecular weight excluding hydrogens is 328 g/mol. The van der Waals surface area contributed by atoms with Crippen LogP contribution in [0.15, 0.2) is 23.4 Å². The molecule has 1 amide bonds.